The number of benzene rings is 3. The summed E-state index contributed by atoms with van der Waals surface area (Å²) in [7, 11) is 5.45. The van der Waals surface area contributed by atoms with E-state index in [2.05, 4.69) is 37.9 Å². The highest BCUT2D eigenvalue weighted by molar-refractivity contribution is 6.25. The molecule has 2 aliphatic heterocycles. The maximum atomic E-state index is 13.6. The first-order valence-electron chi connectivity index (χ1n) is 23.1. The van der Waals surface area contributed by atoms with Crippen LogP contribution in [0.2, 0.25) is 0 Å². The molecule has 2 saturated carbocycles. The SMILES string of the molecule is COc1cc2nc(C)nc(N[C@H](C)c3cc(N)cc(C(F)(F)F)c3)c2cc1OCC1(CN(C)C(=O)CCCN(C)C2CCC(Nc3cccc4c3C(=O)N(C3CCC(=O)NC3=O)C4=O)CC2)CC1. The molecule has 2 aliphatic carbocycles. The summed E-state index contributed by atoms with van der Waals surface area (Å²) in [5.41, 5.74) is 6.77. The zero-order chi connectivity index (χ0) is 48.7. The fourth-order valence-corrected chi connectivity index (χ4v) is 9.73. The van der Waals surface area contributed by atoms with E-state index < -0.39 is 47.5 Å². The Hall–Kier alpha value is -6.50. The number of carbonyl (C=O) groups is 5. The lowest BCUT2D eigenvalue weighted by Gasteiger charge is -2.35. The van der Waals surface area contributed by atoms with Crippen LogP contribution in [0.5, 0.6) is 11.5 Å². The van der Waals surface area contributed by atoms with Crippen molar-refractivity contribution >= 4 is 57.6 Å². The summed E-state index contributed by atoms with van der Waals surface area (Å²) in [4.78, 5) is 78.8. The quantitative estimate of drug-likeness (QED) is 0.0632. The lowest BCUT2D eigenvalue weighted by molar-refractivity contribution is -0.138. The topological polar surface area (TPSA) is 201 Å². The van der Waals surface area contributed by atoms with Gasteiger partial charge in [0.15, 0.2) is 11.5 Å². The van der Waals surface area contributed by atoms with Gasteiger partial charge in [-0.3, -0.25) is 34.2 Å². The molecule has 0 bridgehead atoms. The standard InChI is InChI=1S/C49H58F3N9O7/c1-27(29-20-30(49(50,51)52)22-31(53)21-29)54-44-35-23-40(39(67-5)24-37(35)55-28(2)56-44)68-26-48(17-18-48)25-60(4)42(63)10-7-19-59(3)33-13-11-32(12-14-33)57-36-9-6-8-34-43(36)47(66)61(46(34)65)38-15-16-41(62)58-45(38)64/h6,8-9,20-24,27,32-33,38,57H,7,10-19,25-26,53H2,1-5H3,(H,54,55,56)(H,58,62,64)/t27-,32?,33?,38?/m1/s1. The van der Waals surface area contributed by atoms with Crippen LogP contribution in [-0.4, -0.2) is 113 Å². The van der Waals surface area contributed by atoms with Crippen molar-refractivity contribution in [1.82, 2.24) is 30.0 Å². The average Bonchev–Trinajstić information content (AvgIpc) is 4.01. The van der Waals surface area contributed by atoms with Crippen molar-refractivity contribution in [1.29, 1.82) is 0 Å². The number of aromatic nitrogens is 2. The van der Waals surface area contributed by atoms with E-state index in [-0.39, 0.29) is 47.0 Å². The first-order chi connectivity index (χ1) is 32.3. The zero-order valence-corrected chi connectivity index (χ0v) is 38.9. The van der Waals surface area contributed by atoms with E-state index in [0.29, 0.717) is 77.3 Å². The molecule has 1 unspecified atom stereocenters. The van der Waals surface area contributed by atoms with E-state index in [1.165, 1.54) is 13.2 Å². The van der Waals surface area contributed by atoms with E-state index in [1.54, 1.807) is 49.1 Å². The van der Waals surface area contributed by atoms with Gasteiger partial charge in [0, 0.05) is 66.8 Å². The molecular weight excluding hydrogens is 884 g/mol. The highest BCUT2D eigenvalue weighted by atomic mass is 19.4. The van der Waals surface area contributed by atoms with Gasteiger partial charge >= 0.3 is 6.18 Å². The molecule has 0 spiro atoms. The number of amides is 5. The Labute approximate surface area is 392 Å². The van der Waals surface area contributed by atoms with Crippen LogP contribution in [0.25, 0.3) is 10.9 Å². The van der Waals surface area contributed by atoms with Crippen molar-refractivity contribution in [2.24, 2.45) is 5.41 Å². The van der Waals surface area contributed by atoms with Crippen LogP contribution >= 0.6 is 0 Å². The predicted molar refractivity (Wildman–Crippen MR) is 248 cm³/mol. The lowest BCUT2D eigenvalue weighted by atomic mass is 9.89. The number of nitrogen functional groups attached to an aromatic ring is 1. The summed E-state index contributed by atoms with van der Waals surface area (Å²) in [6.45, 7) is 5.08. The number of nitrogens with one attached hydrogen (secondary N) is 3. The van der Waals surface area contributed by atoms with Crippen LogP contribution in [0.4, 0.5) is 30.4 Å². The van der Waals surface area contributed by atoms with Gasteiger partial charge < -0.3 is 35.6 Å². The van der Waals surface area contributed by atoms with Crippen molar-refractivity contribution in [2.45, 2.75) is 108 Å². The third kappa shape index (κ3) is 10.3. The van der Waals surface area contributed by atoms with Crippen molar-refractivity contribution in [3.8, 4) is 11.5 Å². The fourth-order valence-electron chi connectivity index (χ4n) is 9.73. The number of halogens is 3. The van der Waals surface area contributed by atoms with Gasteiger partial charge in [0.05, 0.1) is 42.0 Å². The third-order valence-electron chi connectivity index (χ3n) is 13.8. The molecule has 5 N–H and O–H groups in total. The second-order valence-corrected chi connectivity index (χ2v) is 18.8. The molecule has 68 heavy (non-hydrogen) atoms. The molecule has 4 aromatic rings. The van der Waals surface area contributed by atoms with Gasteiger partial charge in [0.1, 0.15) is 17.7 Å². The van der Waals surface area contributed by atoms with Gasteiger partial charge in [-0.05, 0) is 121 Å². The Morgan fingerprint density at radius 1 is 1.00 bits per heavy atom. The maximum Gasteiger partial charge on any atom is 0.416 e. The van der Waals surface area contributed by atoms with Crippen LogP contribution in [0.3, 0.4) is 0 Å². The summed E-state index contributed by atoms with van der Waals surface area (Å²) in [6, 6.07) is 10.9. The van der Waals surface area contributed by atoms with Gasteiger partial charge in [-0.15, -0.1) is 0 Å². The molecule has 1 saturated heterocycles. The molecular formula is C49H58F3N9O7. The van der Waals surface area contributed by atoms with Crippen LogP contribution in [0.1, 0.15) is 115 Å². The molecule has 1 aromatic heterocycles. The summed E-state index contributed by atoms with van der Waals surface area (Å²) >= 11 is 0. The number of aryl methyl sites for hydroxylation is 1. The first kappa shape index (κ1) is 48.0. The maximum absolute atomic E-state index is 13.6. The number of ether oxygens (including phenoxy) is 2. The third-order valence-corrected chi connectivity index (χ3v) is 13.8. The Balaban J connectivity index is 0.807. The van der Waals surface area contributed by atoms with Crippen LogP contribution < -0.4 is 31.2 Å². The minimum atomic E-state index is -4.55. The predicted octanol–water partition coefficient (Wildman–Crippen LogP) is 6.87. The van der Waals surface area contributed by atoms with Crippen LogP contribution in [-0.2, 0) is 20.6 Å². The summed E-state index contributed by atoms with van der Waals surface area (Å²) < 4.78 is 52.9. The van der Waals surface area contributed by atoms with E-state index in [9.17, 15) is 37.1 Å². The van der Waals surface area contributed by atoms with Crippen molar-refractivity contribution in [3.63, 3.8) is 0 Å². The molecule has 362 valence electrons. The van der Waals surface area contributed by atoms with Crippen LogP contribution in [0, 0.1) is 12.3 Å². The van der Waals surface area contributed by atoms with Crippen molar-refractivity contribution in [2.75, 3.05) is 57.3 Å². The number of nitrogens with two attached hydrogens (primary N) is 1. The number of anilines is 3. The van der Waals surface area contributed by atoms with Gasteiger partial charge in [-0.1, -0.05) is 6.07 Å². The highest BCUT2D eigenvalue weighted by Crippen LogP contribution is 2.48. The molecule has 5 amide bonds. The number of alkyl halides is 3. The van der Waals surface area contributed by atoms with Crippen molar-refractivity contribution < 1.29 is 46.6 Å². The number of methoxy groups -OCH3 is 1. The number of fused-ring (bicyclic) bond motifs is 2. The summed E-state index contributed by atoms with van der Waals surface area (Å²) in [5.74, 6) is -0.285. The number of hydrogen-bond acceptors (Lipinski definition) is 13. The molecule has 0 radical (unpaired) electrons. The monoisotopic (exact) mass is 941 g/mol. The van der Waals surface area contributed by atoms with Gasteiger partial charge in [-0.25, -0.2) is 9.97 Å². The Morgan fingerprint density at radius 3 is 2.44 bits per heavy atom. The smallest absolute Gasteiger partial charge is 0.416 e. The second-order valence-electron chi connectivity index (χ2n) is 18.8. The van der Waals surface area contributed by atoms with E-state index in [4.69, 9.17) is 15.2 Å². The van der Waals surface area contributed by atoms with E-state index in [0.717, 1.165) is 62.1 Å². The normalized spacial score (nSPS) is 20.5. The molecule has 8 rings (SSSR count). The highest BCUT2D eigenvalue weighted by Gasteiger charge is 2.47. The van der Waals surface area contributed by atoms with Gasteiger partial charge in [-0.2, -0.15) is 13.2 Å². The largest absolute Gasteiger partial charge is 0.493 e. The fraction of sp³-hybridized carbons (Fsp3) is 0.490. The molecule has 19 heteroatoms. The zero-order valence-electron chi connectivity index (χ0n) is 38.9. The number of hydrogen-bond donors (Lipinski definition) is 4. The molecule has 3 heterocycles. The van der Waals surface area contributed by atoms with E-state index in [1.807, 2.05) is 7.05 Å². The Kier molecular flexibility index (Phi) is 13.6. The molecule has 2 atom stereocenters. The van der Waals surface area contributed by atoms with Gasteiger partial charge in [0.25, 0.3) is 11.8 Å². The Bertz CT molecular complexity index is 2630. The van der Waals surface area contributed by atoms with Crippen LogP contribution in [0.15, 0.2) is 48.5 Å². The molecule has 4 aliphatic rings. The molecule has 16 nitrogen and oxygen atoms in total. The second kappa shape index (κ2) is 19.2. The lowest BCUT2D eigenvalue weighted by Crippen LogP contribution is -2.54. The van der Waals surface area contributed by atoms with Crippen molar-refractivity contribution in [3.05, 3.63) is 76.6 Å². The number of carbonyl (C=O) groups excluding carboxylic acids is 5. The average molecular weight is 942 g/mol. The summed E-state index contributed by atoms with van der Waals surface area (Å²) in [6.07, 6.45) is 1.99. The molecule has 3 aromatic carbocycles. The minimum Gasteiger partial charge on any atom is -0.493 e. The Morgan fingerprint density at radius 2 is 1.75 bits per heavy atom. The minimum absolute atomic E-state index is 0.00229. The number of piperidine rings is 1. The van der Waals surface area contributed by atoms with E-state index >= 15 is 0 Å². The summed E-state index contributed by atoms with van der Waals surface area (Å²) in [5, 5.41) is 9.59. The number of rotatable bonds is 17. The molecule has 3 fully saturated rings. The first-order valence-corrected chi connectivity index (χ1v) is 23.1. The van der Waals surface area contributed by atoms with Gasteiger partial charge in [0.2, 0.25) is 17.7 Å². The number of imide groups is 2. The number of nitrogens with zero attached hydrogens (tertiary/aromatic N) is 5.